The number of rotatable bonds is 7. The van der Waals surface area contributed by atoms with Crippen LogP contribution in [0.15, 0.2) is 88.2 Å². The molecule has 0 aromatic heterocycles. The van der Waals surface area contributed by atoms with Crippen molar-refractivity contribution in [2.75, 3.05) is 7.11 Å². The Labute approximate surface area is 226 Å². The average Bonchev–Trinajstić information content (AvgIpc) is 3.16. The van der Waals surface area contributed by atoms with Gasteiger partial charge in [-0.05, 0) is 85.5 Å². The summed E-state index contributed by atoms with van der Waals surface area (Å²) in [7, 11) is 1.55. The van der Waals surface area contributed by atoms with E-state index >= 15 is 0 Å². The molecule has 1 saturated heterocycles. The Morgan fingerprint density at radius 3 is 2.54 bits per heavy atom. The zero-order valence-corrected chi connectivity index (χ0v) is 22.1. The number of methoxy groups -OCH3 is 1. The molecule has 186 valence electrons. The van der Waals surface area contributed by atoms with E-state index in [0.717, 1.165) is 33.0 Å². The number of fused-ring (bicyclic) bond motifs is 1. The van der Waals surface area contributed by atoms with E-state index in [2.05, 4.69) is 34.1 Å². The summed E-state index contributed by atoms with van der Waals surface area (Å²) in [5.74, 6) is 0.260. The molecule has 37 heavy (non-hydrogen) atoms. The Hall–Kier alpha value is -3.62. The summed E-state index contributed by atoms with van der Waals surface area (Å²) in [6.45, 7) is 0.425. The number of benzene rings is 4. The summed E-state index contributed by atoms with van der Waals surface area (Å²) in [4.78, 5) is 26.9. The molecule has 1 fully saturated rings. The van der Waals surface area contributed by atoms with E-state index in [4.69, 9.17) is 9.47 Å². The van der Waals surface area contributed by atoms with Crippen molar-refractivity contribution in [2.24, 2.45) is 0 Å². The Morgan fingerprint density at radius 2 is 1.76 bits per heavy atom. The van der Waals surface area contributed by atoms with Gasteiger partial charge in [0.25, 0.3) is 11.1 Å². The van der Waals surface area contributed by atoms with Crippen molar-refractivity contribution in [1.82, 2.24) is 4.90 Å². The third-order valence-corrected chi connectivity index (χ3v) is 7.43. The lowest BCUT2D eigenvalue weighted by atomic mass is 10.1. The van der Waals surface area contributed by atoms with Gasteiger partial charge in [-0.3, -0.25) is 14.5 Å². The summed E-state index contributed by atoms with van der Waals surface area (Å²) < 4.78 is 25.6. The molecule has 0 bridgehead atoms. The summed E-state index contributed by atoms with van der Waals surface area (Å²) in [5, 5.41) is 1.88. The van der Waals surface area contributed by atoms with Crippen molar-refractivity contribution in [3.05, 3.63) is 111 Å². The number of hydrogen-bond donors (Lipinski definition) is 0. The first-order chi connectivity index (χ1) is 17.9. The molecular weight excluding hydrogens is 557 g/mol. The normalized spacial score (nSPS) is 14.6. The van der Waals surface area contributed by atoms with Crippen molar-refractivity contribution < 1.29 is 23.5 Å². The molecular formula is C29H21BrFNO4S. The standard InChI is InChI=1S/C29H21BrFNO4S/c1-35-25-14-19(15-26-28(33)32(29(34)37-26)16-18-9-11-22(31)12-10-18)13-24(30)27(25)36-17-21-7-4-6-20-5-2-3-8-23(20)21/h2-15H,16-17H2,1H3/b26-15-. The zero-order valence-electron chi connectivity index (χ0n) is 19.7. The van der Waals surface area contributed by atoms with Gasteiger partial charge in [0.1, 0.15) is 12.4 Å². The van der Waals surface area contributed by atoms with Crippen LogP contribution in [0.2, 0.25) is 0 Å². The van der Waals surface area contributed by atoms with Crippen molar-refractivity contribution in [3.63, 3.8) is 0 Å². The molecule has 0 radical (unpaired) electrons. The Kier molecular flexibility index (Phi) is 7.30. The molecule has 4 aromatic carbocycles. The molecule has 0 aliphatic carbocycles. The molecule has 0 unspecified atom stereocenters. The van der Waals surface area contributed by atoms with E-state index in [9.17, 15) is 14.0 Å². The molecule has 4 aromatic rings. The van der Waals surface area contributed by atoms with Crippen LogP contribution in [-0.2, 0) is 17.9 Å². The molecule has 5 rings (SSSR count). The van der Waals surface area contributed by atoms with Gasteiger partial charge in [0.2, 0.25) is 0 Å². The van der Waals surface area contributed by atoms with Crippen molar-refractivity contribution >= 4 is 55.7 Å². The van der Waals surface area contributed by atoms with Gasteiger partial charge in [-0.25, -0.2) is 4.39 Å². The zero-order chi connectivity index (χ0) is 25.9. The quantitative estimate of drug-likeness (QED) is 0.212. The summed E-state index contributed by atoms with van der Waals surface area (Å²) in [6.07, 6.45) is 1.65. The SMILES string of the molecule is COc1cc(/C=C2\SC(=O)N(Cc3ccc(F)cc3)C2=O)cc(Br)c1OCc1cccc2ccccc12. The highest BCUT2D eigenvalue weighted by Gasteiger charge is 2.35. The van der Waals surface area contributed by atoms with Crippen LogP contribution < -0.4 is 9.47 Å². The molecule has 0 N–H and O–H groups in total. The van der Waals surface area contributed by atoms with Crippen molar-refractivity contribution in [3.8, 4) is 11.5 Å². The van der Waals surface area contributed by atoms with E-state index in [1.165, 1.54) is 12.1 Å². The number of hydrogen-bond acceptors (Lipinski definition) is 5. The highest BCUT2D eigenvalue weighted by atomic mass is 79.9. The van der Waals surface area contributed by atoms with Gasteiger partial charge in [0, 0.05) is 0 Å². The largest absolute Gasteiger partial charge is 0.493 e. The molecule has 1 aliphatic heterocycles. The van der Waals surface area contributed by atoms with Crippen LogP contribution in [0.5, 0.6) is 11.5 Å². The highest BCUT2D eigenvalue weighted by Crippen LogP contribution is 2.40. The predicted octanol–water partition coefficient (Wildman–Crippen LogP) is 7.57. The Bertz CT molecular complexity index is 1530. The van der Waals surface area contributed by atoms with Crippen LogP contribution >= 0.6 is 27.7 Å². The molecule has 1 heterocycles. The lowest BCUT2D eigenvalue weighted by Crippen LogP contribution is -2.27. The van der Waals surface area contributed by atoms with Crippen LogP contribution in [-0.4, -0.2) is 23.2 Å². The number of thioether (sulfide) groups is 1. The minimum Gasteiger partial charge on any atom is -0.493 e. The van der Waals surface area contributed by atoms with E-state index in [1.807, 2.05) is 30.3 Å². The van der Waals surface area contributed by atoms with Crippen molar-refractivity contribution in [1.29, 1.82) is 0 Å². The average molecular weight is 578 g/mol. The minimum absolute atomic E-state index is 0.0796. The first-order valence-electron chi connectivity index (χ1n) is 11.4. The molecule has 0 saturated carbocycles. The fraction of sp³-hybridized carbons (Fsp3) is 0.103. The number of carbonyl (C=O) groups excluding carboxylic acids is 2. The third-order valence-electron chi connectivity index (χ3n) is 5.93. The van der Waals surface area contributed by atoms with Crippen LogP contribution in [0.4, 0.5) is 9.18 Å². The second-order valence-corrected chi connectivity index (χ2v) is 10.2. The number of halogens is 2. The summed E-state index contributed by atoms with van der Waals surface area (Å²) >= 11 is 4.43. The lowest BCUT2D eigenvalue weighted by Gasteiger charge is -2.15. The van der Waals surface area contributed by atoms with Crippen LogP contribution in [0.3, 0.4) is 0 Å². The first-order valence-corrected chi connectivity index (χ1v) is 13.0. The van der Waals surface area contributed by atoms with E-state index < -0.39 is 5.91 Å². The fourth-order valence-corrected chi connectivity index (χ4v) is 5.50. The number of imide groups is 1. The van der Waals surface area contributed by atoms with Gasteiger partial charge >= 0.3 is 0 Å². The second-order valence-electron chi connectivity index (χ2n) is 8.36. The molecule has 1 aliphatic rings. The Morgan fingerprint density at radius 1 is 1.00 bits per heavy atom. The van der Waals surface area contributed by atoms with Gasteiger partial charge in [0.15, 0.2) is 11.5 Å². The van der Waals surface area contributed by atoms with Gasteiger partial charge in [-0.15, -0.1) is 0 Å². The molecule has 0 spiro atoms. The predicted molar refractivity (Wildman–Crippen MR) is 147 cm³/mol. The van der Waals surface area contributed by atoms with E-state index in [0.29, 0.717) is 38.6 Å². The fourth-order valence-electron chi connectivity index (χ4n) is 4.09. The topological polar surface area (TPSA) is 55.8 Å². The van der Waals surface area contributed by atoms with Gasteiger partial charge < -0.3 is 9.47 Å². The van der Waals surface area contributed by atoms with Crippen LogP contribution in [0.1, 0.15) is 16.7 Å². The number of amides is 2. The first kappa shape index (κ1) is 25.0. The summed E-state index contributed by atoms with van der Waals surface area (Å²) in [6, 6.07) is 23.5. The maximum atomic E-state index is 13.2. The van der Waals surface area contributed by atoms with Gasteiger partial charge in [0.05, 0.1) is 23.0 Å². The number of ether oxygens (including phenoxy) is 2. The van der Waals surface area contributed by atoms with Crippen LogP contribution in [0.25, 0.3) is 16.8 Å². The Balaban J connectivity index is 1.36. The van der Waals surface area contributed by atoms with E-state index in [-0.39, 0.29) is 17.6 Å². The van der Waals surface area contributed by atoms with Gasteiger partial charge in [-0.2, -0.15) is 0 Å². The van der Waals surface area contributed by atoms with E-state index in [1.54, 1.807) is 31.4 Å². The monoisotopic (exact) mass is 577 g/mol. The molecule has 8 heteroatoms. The third kappa shape index (κ3) is 5.40. The van der Waals surface area contributed by atoms with Gasteiger partial charge in [-0.1, -0.05) is 54.6 Å². The number of carbonyl (C=O) groups is 2. The smallest absolute Gasteiger partial charge is 0.293 e. The molecule has 2 amide bonds. The van der Waals surface area contributed by atoms with Crippen molar-refractivity contribution in [2.45, 2.75) is 13.2 Å². The maximum absolute atomic E-state index is 13.2. The summed E-state index contributed by atoms with van der Waals surface area (Å²) in [5.41, 5.74) is 2.39. The van der Waals surface area contributed by atoms with Crippen LogP contribution in [0, 0.1) is 5.82 Å². The molecule has 0 atom stereocenters. The molecule has 5 nitrogen and oxygen atoms in total. The second kappa shape index (κ2) is 10.8. The highest BCUT2D eigenvalue weighted by molar-refractivity contribution is 9.10. The maximum Gasteiger partial charge on any atom is 0.293 e. The lowest BCUT2D eigenvalue weighted by molar-refractivity contribution is -0.123. The minimum atomic E-state index is -0.398. The number of nitrogens with zero attached hydrogens (tertiary/aromatic N) is 1.